The fourth-order valence-corrected chi connectivity index (χ4v) is 4.17. The van der Waals surface area contributed by atoms with Crippen LogP contribution in [-0.2, 0) is 40.4 Å². The lowest BCUT2D eigenvalue weighted by atomic mass is 9.95. The Labute approximate surface area is 210 Å². The maximum Gasteiger partial charge on any atom is 0.335 e. The SMILES string of the molecule is COc1ccc(NC(=O)CC(CCCOC(=O)C(Cc2ccccc2)OC)C(C)=O)c(S(=O)(=O)O)c1. The van der Waals surface area contributed by atoms with Crippen molar-refractivity contribution in [1.82, 2.24) is 0 Å². The van der Waals surface area contributed by atoms with Crippen LogP contribution in [0.3, 0.4) is 0 Å². The normalized spacial score (nSPS) is 12.9. The number of methoxy groups -OCH3 is 2. The highest BCUT2D eigenvalue weighted by molar-refractivity contribution is 7.86. The van der Waals surface area contributed by atoms with Gasteiger partial charge in [-0.2, -0.15) is 8.42 Å². The van der Waals surface area contributed by atoms with Gasteiger partial charge in [-0.15, -0.1) is 0 Å². The second kappa shape index (κ2) is 13.7. The first-order valence-corrected chi connectivity index (χ1v) is 12.7. The number of amides is 1. The minimum absolute atomic E-state index is 0.0459. The Bertz CT molecular complexity index is 1150. The van der Waals surface area contributed by atoms with E-state index in [2.05, 4.69) is 5.32 Å². The van der Waals surface area contributed by atoms with Gasteiger partial charge in [0.15, 0.2) is 6.10 Å². The topological polar surface area (TPSA) is 145 Å². The summed E-state index contributed by atoms with van der Waals surface area (Å²) in [4.78, 5) is 36.4. The molecule has 2 aromatic carbocycles. The van der Waals surface area contributed by atoms with E-state index in [9.17, 15) is 27.4 Å². The van der Waals surface area contributed by atoms with Crippen molar-refractivity contribution >= 4 is 33.5 Å². The van der Waals surface area contributed by atoms with Crippen molar-refractivity contribution in [2.24, 2.45) is 5.92 Å². The van der Waals surface area contributed by atoms with Crippen molar-refractivity contribution < 1.29 is 41.6 Å². The molecule has 0 heterocycles. The number of benzene rings is 2. The van der Waals surface area contributed by atoms with Crippen molar-refractivity contribution in [3.05, 3.63) is 54.1 Å². The fraction of sp³-hybridized carbons (Fsp3) is 0.400. The molecule has 2 N–H and O–H groups in total. The van der Waals surface area contributed by atoms with E-state index in [4.69, 9.17) is 14.2 Å². The zero-order chi connectivity index (χ0) is 26.7. The van der Waals surface area contributed by atoms with Gasteiger partial charge in [-0.3, -0.25) is 14.1 Å². The molecule has 2 rings (SSSR count). The van der Waals surface area contributed by atoms with Gasteiger partial charge >= 0.3 is 5.97 Å². The van der Waals surface area contributed by atoms with E-state index >= 15 is 0 Å². The Balaban J connectivity index is 1.89. The predicted octanol–water partition coefficient (Wildman–Crippen LogP) is 3.06. The molecule has 0 aliphatic rings. The highest BCUT2D eigenvalue weighted by atomic mass is 32.2. The molecule has 11 heteroatoms. The molecule has 0 radical (unpaired) electrons. The molecular formula is C25H31NO9S. The zero-order valence-electron chi connectivity index (χ0n) is 20.4. The summed E-state index contributed by atoms with van der Waals surface area (Å²) < 4.78 is 48.3. The van der Waals surface area contributed by atoms with Crippen LogP contribution in [0, 0.1) is 5.92 Å². The van der Waals surface area contributed by atoms with E-state index < -0.39 is 38.9 Å². The van der Waals surface area contributed by atoms with Crippen LogP contribution in [0.25, 0.3) is 0 Å². The largest absolute Gasteiger partial charge is 0.497 e. The minimum atomic E-state index is -4.63. The van der Waals surface area contributed by atoms with Crippen LogP contribution in [0.15, 0.2) is 53.4 Å². The molecule has 10 nitrogen and oxygen atoms in total. The van der Waals surface area contributed by atoms with Crippen LogP contribution in [0.4, 0.5) is 5.69 Å². The Kier molecular flexibility index (Phi) is 11.0. The maximum absolute atomic E-state index is 12.5. The number of ether oxygens (including phenoxy) is 3. The molecule has 36 heavy (non-hydrogen) atoms. The second-order valence-electron chi connectivity index (χ2n) is 8.12. The van der Waals surface area contributed by atoms with Crippen molar-refractivity contribution in [3.8, 4) is 5.75 Å². The smallest absolute Gasteiger partial charge is 0.335 e. The zero-order valence-corrected chi connectivity index (χ0v) is 21.2. The first-order valence-electron chi connectivity index (χ1n) is 11.2. The number of esters is 1. The maximum atomic E-state index is 12.5. The lowest BCUT2D eigenvalue weighted by Gasteiger charge is -2.17. The summed E-state index contributed by atoms with van der Waals surface area (Å²) in [5, 5.41) is 2.42. The number of carbonyl (C=O) groups excluding carboxylic acids is 3. The van der Waals surface area contributed by atoms with Gasteiger partial charge in [-0.1, -0.05) is 30.3 Å². The van der Waals surface area contributed by atoms with E-state index in [1.165, 1.54) is 33.3 Å². The number of hydrogen-bond donors (Lipinski definition) is 2. The third-order valence-corrected chi connectivity index (χ3v) is 6.39. The van der Waals surface area contributed by atoms with E-state index in [0.717, 1.165) is 11.6 Å². The molecule has 0 fully saturated rings. The molecule has 196 valence electrons. The molecule has 0 saturated heterocycles. The molecule has 0 bridgehead atoms. The van der Waals surface area contributed by atoms with Crippen LogP contribution in [0.2, 0.25) is 0 Å². The highest BCUT2D eigenvalue weighted by Gasteiger charge is 2.23. The molecule has 0 saturated carbocycles. The standard InChI is InChI=1S/C25H31NO9S/c1-17(27)19(10-7-13-35-25(29)22(34-3)14-18-8-5-4-6-9-18)15-24(28)26-21-12-11-20(33-2)16-23(21)36(30,31)32/h4-6,8-9,11-12,16,19,22H,7,10,13-15H2,1-3H3,(H,26,28)(H,30,31,32). The lowest BCUT2D eigenvalue weighted by Crippen LogP contribution is -2.28. The monoisotopic (exact) mass is 521 g/mol. The number of ketones is 1. The average molecular weight is 522 g/mol. The van der Waals surface area contributed by atoms with Gasteiger partial charge < -0.3 is 19.5 Å². The van der Waals surface area contributed by atoms with Gasteiger partial charge in [-0.25, -0.2) is 4.79 Å². The summed E-state index contributed by atoms with van der Waals surface area (Å²) in [7, 11) is -1.88. The van der Waals surface area contributed by atoms with Crippen molar-refractivity contribution in [1.29, 1.82) is 0 Å². The third-order valence-electron chi connectivity index (χ3n) is 5.50. The van der Waals surface area contributed by atoms with E-state index in [0.29, 0.717) is 12.8 Å². The first kappa shape index (κ1) is 29.0. The molecular weight excluding hydrogens is 490 g/mol. The van der Waals surface area contributed by atoms with Crippen molar-refractivity contribution in [2.45, 2.75) is 43.6 Å². The number of Topliss-reactive ketones (excluding diaryl/α,β-unsaturated/α-hetero) is 1. The summed E-state index contributed by atoms with van der Waals surface area (Å²) >= 11 is 0. The Morgan fingerprint density at radius 2 is 1.75 bits per heavy atom. The van der Waals surface area contributed by atoms with Gasteiger partial charge in [0, 0.05) is 31.9 Å². The van der Waals surface area contributed by atoms with E-state index in [1.807, 2.05) is 30.3 Å². The Morgan fingerprint density at radius 3 is 2.33 bits per heavy atom. The van der Waals surface area contributed by atoms with Gasteiger partial charge in [0.25, 0.3) is 10.1 Å². The molecule has 0 aliphatic carbocycles. The molecule has 0 aliphatic heterocycles. The molecule has 2 atom stereocenters. The second-order valence-corrected chi connectivity index (χ2v) is 9.51. The molecule has 2 unspecified atom stereocenters. The lowest BCUT2D eigenvalue weighted by molar-refractivity contribution is -0.155. The predicted molar refractivity (Wildman–Crippen MR) is 131 cm³/mol. The summed E-state index contributed by atoms with van der Waals surface area (Å²) in [6.07, 6.45) is 0.00525. The Morgan fingerprint density at radius 1 is 1.06 bits per heavy atom. The van der Waals surface area contributed by atoms with Crippen LogP contribution in [0.5, 0.6) is 5.75 Å². The third kappa shape index (κ3) is 9.06. The Hall–Kier alpha value is -3.28. The van der Waals surface area contributed by atoms with E-state index in [-0.39, 0.29) is 36.7 Å². The quantitative estimate of drug-likeness (QED) is 0.218. The minimum Gasteiger partial charge on any atom is -0.497 e. The molecule has 1 amide bonds. The summed E-state index contributed by atoms with van der Waals surface area (Å²) in [6, 6.07) is 13.1. The summed E-state index contributed by atoms with van der Waals surface area (Å²) in [5.74, 6) is -1.85. The summed E-state index contributed by atoms with van der Waals surface area (Å²) in [5.41, 5.74) is 0.793. The highest BCUT2D eigenvalue weighted by Crippen LogP contribution is 2.27. The van der Waals surface area contributed by atoms with Gasteiger partial charge in [0.05, 0.1) is 19.4 Å². The summed E-state index contributed by atoms with van der Waals surface area (Å²) in [6.45, 7) is 1.39. The number of rotatable bonds is 14. The van der Waals surface area contributed by atoms with Crippen molar-refractivity contribution in [2.75, 3.05) is 26.1 Å². The first-order chi connectivity index (χ1) is 17.0. The van der Waals surface area contributed by atoms with Crippen LogP contribution in [-0.4, -0.2) is 57.6 Å². The number of anilines is 1. The number of hydrogen-bond acceptors (Lipinski definition) is 8. The van der Waals surface area contributed by atoms with E-state index in [1.54, 1.807) is 0 Å². The van der Waals surface area contributed by atoms with Gasteiger partial charge in [-0.05, 0) is 37.5 Å². The average Bonchev–Trinajstić information content (AvgIpc) is 2.84. The van der Waals surface area contributed by atoms with Gasteiger partial charge in [0.2, 0.25) is 5.91 Å². The van der Waals surface area contributed by atoms with Gasteiger partial charge in [0.1, 0.15) is 16.4 Å². The molecule has 0 spiro atoms. The number of nitrogens with one attached hydrogen (secondary N) is 1. The van der Waals surface area contributed by atoms with Crippen LogP contribution >= 0.6 is 0 Å². The van der Waals surface area contributed by atoms with Crippen LogP contribution < -0.4 is 10.1 Å². The van der Waals surface area contributed by atoms with Crippen LogP contribution in [0.1, 0.15) is 31.7 Å². The number of carbonyl (C=O) groups is 3. The molecule has 2 aromatic rings. The fourth-order valence-electron chi connectivity index (χ4n) is 3.51. The van der Waals surface area contributed by atoms with Crippen molar-refractivity contribution in [3.63, 3.8) is 0 Å². The molecule has 0 aromatic heterocycles.